The third-order valence-electron chi connectivity index (χ3n) is 4.19. The van der Waals surface area contributed by atoms with Gasteiger partial charge >= 0.3 is 5.97 Å². The summed E-state index contributed by atoms with van der Waals surface area (Å²) in [4.78, 5) is 14.4. The summed E-state index contributed by atoms with van der Waals surface area (Å²) in [6.07, 6.45) is 2.56. The third kappa shape index (κ3) is 3.81. The molecule has 1 aromatic carbocycles. The first-order valence-corrected chi connectivity index (χ1v) is 9.09. The Balaban J connectivity index is 1.97. The molecule has 25 heavy (non-hydrogen) atoms. The summed E-state index contributed by atoms with van der Waals surface area (Å²) in [5, 5.41) is 16.2. The third-order valence-corrected chi connectivity index (χ3v) is 5.07. The highest BCUT2D eigenvalue weighted by Crippen LogP contribution is 2.29. The number of carboxylic acids is 1. The number of aromatic nitrogens is 2. The maximum absolute atomic E-state index is 11.4. The van der Waals surface area contributed by atoms with E-state index in [9.17, 15) is 9.90 Å². The molecule has 0 spiro atoms. The van der Waals surface area contributed by atoms with E-state index in [-0.39, 0.29) is 0 Å². The van der Waals surface area contributed by atoms with Gasteiger partial charge in [-0.25, -0.2) is 4.68 Å². The number of carboxylic acid groups (broad SMARTS) is 1. The van der Waals surface area contributed by atoms with Gasteiger partial charge in [-0.3, -0.25) is 9.69 Å². The maximum Gasteiger partial charge on any atom is 0.320 e. The van der Waals surface area contributed by atoms with Crippen molar-refractivity contribution in [2.24, 2.45) is 0 Å². The number of para-hydroxylation sites is 1. The predicted octanol–water partition coefficient (Wildman–Crippen LogP) is 3.90. The lowest BCUT2D eigenvalue weighted by Gasteiger charge is -2.23. The lowest BCUT2D eigenvalue weighted by Crippen LogP contribution is -2.37. The van der Waals surface area contributed by atoms with Crippen molar-refractivity contribution in [3.05, 3.63) is 59.6 Å². The van der Waals surface area contributed by atoms with Gasteiger partial charge in [0, 0.05) is 18.3 Å². The van der Waals surface area contributed by atoms with Gasteiger partial charge in [0.2, 0.25) is 0 Å². The zero-order valence-electron chi connectivity index (χ0n) is 14.3. The van der Waals surface area contributed by atoms with Crippen molar-refractivity contribution in [2.75, 3.05) is 7.05 Å². The molecule has 0 aliphatic carbocycles. The minimum Gasteiger partial charge on any atom is -0.480 e. The van der Waals surface area contributed by atoms with Crippen LogP contribution in [0.15, 0.2) is 54.0 Å². The van der Waals surface area contributed by atoms with Crippen molar-refractivity contribution >= 4 is 17.3 Å². The van der Waals surface area contributed by atoms with Crippen LogP contribution < -0.4 is 0 Å². The lowest BCUT2D eigenvalue weighted by molar-refractivity contribution is -0.143. The molecule has 6 heteroatoms. The van der Waals surface area contributed by atoms with E-state index in [2.05, 4.69) is 0 Å². The molecular formula is C19H21N3O2S. The second-order valence-corrected chi connectivity index (χ2v) is 6.89. The van der Waals surface area contributed by atoms with Crippen LogP contribution in [-0.4, -0.2) is 38.8 Å². The molecule has 2 heterocycles. The molecule has 0 saturated heterocycles. The number of aliphatic carboxylic acids is 1. The van der Waals surface area contributed by atoms with Crippen LogP contribution in [0.5, 0.6) is 0 Å². The van der Waals surface area contributed by atoms with Gasteiger partial charge in [0.25, 0.3) is 0 Å². The van der Waals surface area contributed by atoms with Crippen LogP contribution in [0.1, 0.15) is 18.9 Å². The van der Waals surface area contributed by atoms with Gasteiger partial charge in [0.05, 0.1) is 10.6 Å². The van der Waals surface area contributed by atoms with Crippen molar-refractivity contribution < 1.29 is 9.90 Å². The average molecular weight is 355 g/mol. The van der Waals surface area contributed by atoms with Crippen LogP contribution in [0.2, 0.25) is 0 Å². The van der Waals surface area contributed by atoms with E-state index >= 15 is 0 Å². The first kappa shape index (κ1) is 17.4. The number of thiophene rings is 1. The average Bonchev–Trinajstić information content (AvgIpc) is 3.25. The molecule has 0 amide bonds. The van der Waals surface area contributed by atoms with Crippen LogP contribution in [0, 0.1) is 0 Å². The Morgan fingerprint density at radius 1 is 1.28 bits per heavy atom. The highest BCUT2D eigenvalue weighted by molar-refractivity contribution is 7.13. The highest BCUT2D eigenvalue weighted by Gasteiger charge is 2.23. The van der Waals surface area contributed by atoms with Crippen molar-refractivity contribution in [2.45, 2.75) is 25.9 Å². The van der Waals surface area contributed by atoms with Crippen molar-refractivity contribution in [1.29, 1.82) is 0 Å². The summed E-state index contributed by atoms with van der Waals surface area (Å²) in [6, 6.07) is 13.5. The van der Waals surface area contributed by atoms with Gasteiger partial charge < -0.3 is 5.11 Å². The van der Waals surface area contributed by atoms with E-state index in [0.717, 1.165) is 21.8 Å². The second kappa shape index (κ2) is 7.63. The Kier molecular flexibility index (Phi) is 5.31. The Hall–Kier alpha value is -2.44. The standard InChI is InChI=1S/C19H21N3O2S/c1-3-16(19(23)24)21(2)12-14-13-22(15-8-5-4-6-9-15)20-18(14)17-10-7-11-25-17/h4-11,13,16H,3,12H2,1-2H3,(H,23,24). The molecule has 1 unspecified atom stereocenters. The molecule has 0 saturated carbocycles. The van der Waals surface area contributed by atoms with Gasteiger partial charge in [-0.05, 0) is 37.0 Å². The van der Waals surface area contributed by atoms with Gasteiger partial charge in [0.1, 0.15) is 11.7 Å². The topological polar surface area (TPSA) is 58.4 Å². The fourth-order valence-electron chi connectivity index (χ4n) is 2.91. The Labute approximate surface area is 151 Å². The van der Waals surface area contributed by atoms with E-state index < -0.39 is 12.0 Å². The Morgan fingerprint density at radius 2 is 2.04 bits per heavy atom. The largest absolute Gasteiger partial charge is 0.480 e. The number of carbonyl (C=O) groups is 1. The van der Waals surface area contributed by atoms with Crippen molar-refractivity contribution in [3.63, 3.8) is 0 Å². The number of hydrogen-bond acceptors (Lipinski definition) is 4. The minimum atomic E-state index is -0.793. The predicted molar refractivity (Wildman–Crippen MR) is 100 cm³/mol. The van der Waals surface area contributed by atoms with Crippen LogP contribution in [0.25, 0.3) is 16.3 Å². The highest BCUT2D eigenvalue weighted by atomic mass is 32.1. The zero-order valence-corrected chi connectivity index (χ0v) is 15.1. The molecule has 0 aliphatic rings. The Morgan fingerprint density at radius 3 is 2.64 bits per heavy atom. The number of nitrogens with zero attached hydrogens (tertiary/aromatic N) is 3. The maximum atomic E-state index is 11.4. The number of rotatable bonds is 7. The number of likely N-dealkylation sites (N-methyl/N-ethyl adjacent to an activating group) is 1. The van der Waals surface area contributed by atoms with E-state index in [1.54, 1.807) is 11.3 Å². The molecule has 0 radical (unpaired) electrons. The molecule has 130 valence electrons. The lowest BCUT2D eigenvalue weighted by atomic mass is 10.1. The van der Waals surface area contributed by atoms with Crippen LogP contribution in [0.3, 0.4) is 0 Å². The fraction of sp³-hybridized carbons (Fsp3) is 0.263. The number of hydrogen-bond donors (Lipinski definition) is 1. The quantitative estimate of drug-likeness (QED) is 0.698. The molecular weight excluding hydrogens is 334 g/mol. The fourth-order valence-corrected chi connectivity index (χ4v) is 3.66. The molecule has 0 fully saturated rings. The second-order valence-electron chi connectivity index (χ2n) is 5.94. The molecule has 0 bridgehead atoms. The summed E-state index contributed by atoms with van der Waals surface area (Å²) >= 11 is 1.64. The van der Waals surface area contributed by atoms with E-state index in [1.165, 1.54) is 0 Å². The number of benzene rings is 1. The molecule has 3 aromatic rings. The van der Waals surface area contributed by atoms with Crippen molar-refractivity contribution in [1.82, 2.24) is 14.7 Å². The SMILES string of the molecule is CCC(C(=O)O)N(C)Cc1cn(-c2ccccc2)nc1-c1cccs1. The van der Waals surface area contributed by atoms with Crippen LogP contribution in [-0.2, 0) is 11.3 Å². The summed E-state index contributed by atoms with van der Waals surface area (Å²) < 4.78 is 1.86. The minimum absolute atomic E-state index is 0.503. The molecule has 2 aromatic heterocycles. The smallest absolute Gasteiger partial charge is 0.320 e. The summed E-state index contributed by atoms with van der Waals surface area (Å²) in [5.41, 5.74) is 2.92. The van der Waals surface area contributed by atoms with E-state index in [4.69, 9.17) is 5.10 Å². The van der Waals surface area contributed by atoms with Gasteiger partial charge in [0.15, 0.2) is 0 Å². The van der Waals surface area contributed by atoms with Gasteiger partial charge in [-0.15, -0.1) is 11.3 Å². The summed E-state index contributed by atoms with van der Waals surface area (Å²) in [7, 11) is 1.85. The van der Waals surface area contributed by atoms with Crippen LogP contribution in [0.4, 0.5) is 0 Å². The van der Waals surface area contributed by atoms with Gasteiger partial charge in [-0.2, -0.15) is 5.10 Å². The van der Waals surface area contributed by atoms with E-state index in [1.807, 2.05) is 77.6 Å². The van der Waals surface area contributed by atoms with E-state index in [0.29, 0.717) is 13.0 Å². The summed E-state index contributed by atoms with van der Waals surface area (Å²) in [5.74, 6) is -0.793. The molecule has 1 N–H and O–H groups in total. The Bertz CT molecular complexity index is 828. The van der Waals surface area contributed by atoms with Crippen molar-refractivity contribution in [3.8, 4) is 16.3 Å². The monoisotopic (exact) mass is 355 g/mol. The first-order valence-electron chi connectivity index (χ1n) is 8.21. The van der Waals surface area contributed by atoms with Crippen LogP contribution >= 0.6 is 11.3 Å². The van der Waals surface area contributed by atoms with Gasteiger partial charge in [-0.1, -0.05) is 31.2 Å². The zero-order chi connectivity index (χ0) is 17.8. The molecule has 1 atom stereocenters. The summed E-state index contributed by atoms with van der Waals surface area (Å²) in [6.45, 7) is 2.42. The first-order chi connectivity index (χ1) is 12.1. The normalized spacial score (nSPS) is 12.4. The molecule has 0 aliphatic heterocycles. The molecule has 3 rings (SSSR count). The molecule has 5 nitrogen and oxygen atoms in total.